The number of alkyl carbamates (subject to hydrolysis) is 1. The van der Waals surface area contributed by atoms with Gasteiger partial charge in [-0.3, -0.25) is 4.79 Å². The van der Waals surface area contributed by atoms with Crippen molar-refractivity contribution in [3.05, 3.63) is 40.3 Å². The molecule has 9 nitrogen and oxygen atoms in total. The molecule has 1 fully saturated rings. The van der Waals surface area contributed by atoms with Crippen molar-refractivity contribution in [3.63, 3.8) is 0 Å². The van der Waals surface area contributed by atoms with Gasteiger partial charge in [-0.05, 0) is 46.1 Å². The van der Waals surface area contributed by atoms with E-state index in [9.17, 15) is 9.59 Å². The van der Waals surface area contributed by atoms with Gasteiger partial charge in [0.05, 0.1) is 28.3 Å². The van der Waals surface area contributed by atoms with E-state index in [0.29, 0.717) is 15.6 Å². The molecule has 3 aromatic rings. The van der Waals surface area contributed by atoms with E-state index in [-0.39, 0.29) is 25.2 Å². The number of hydrogen-bond acceptors (Lipinski definition) is 5. The molecule has 1 unspecified atom stereocenters. The number of nitrogens with one attached hydrogen (secondary N) is 3. The number of amides is 2. The lowest BCUT2D eigenvalue weighted by atomic mass is 10.0. The Hall–Kier alpha value is -2.75. The summed E-state index contributed by atoms with van der Waals surface area (Å²) in [7, 11) is 0. The molecule has 1 aliphatic rings. The van der Waals surface area contributed by atoms with Gasteiger partial charge < -0.3 is 25.1 Å². The van der Waals surface area contributed by atoms with Crippen molar-refractivity contribution in [2.45, 2.75) is 58.4 Å². The van der Waals surface area contributed by atoms with E-state index in [4.69, 9.17) is 32.7 Å². The van der Waals surface area contributed by atoms with Crippen LogP contribution >= 0.6 is 23.2 Å². The molecule has 35 heavy (non-hydrogen) atoms. The summed E-state index contributed by atoms with van der Waals surface area (Å²) in [6.45, 7) is 5.94. The third-order valence-electron chi connectivity index (χ3n) is 5.54. The highest BCUT2D eigenvalue weighted by Crippen LogP contribution is 2.39. The van der Waals surface area contributed by atoms with E-state index in [1.165, 1.54) is 0 Å². The van der Waals surface area contributed by atoms with E-state index in [0.717, 1.165) is 48.1 Å². The number of nitrogens with zero attached hydrogens (tertiary/aromatic N) is 2. The molecule has 0 aliphatic carbocycles. The van der Waals surface area contributed by atoms with Crippen molar-refractivity contribution < 1.29 is 19.1 Å². The predicted octanol–water partition coefficient (Wildman–Crippen LogP) is 5.18. The lowest BCUT2D eigenvalue weighted by Gasteiger charge is -2.22. The second kappa shape index (κ2) is 10.5. The predicted molar refractivity (Wildman–Crippen MR) is 134 cm³/mol. The second-order valence-corrected chi connectivity index (χ2v) is 10.2. The minimum Gasteiger partial charge on any atom is -0.444 e. The highest BCUT2D eigenvalue weighted by molar-refractivity contribution is 6.45. The van der Waals surface area contributed by atoms with Crippen LogP contribution in [0.5, 0.6) is 0 Å². The summed E-state index contributed by atoms with van der Waals surface area (Å²) in [4.78, 5) is 27.5. The summed E-state index contributed by atoms with van der Waals surface area (Å²) in [5, 5.41) is 11.5. The van der Waals surface area contributed by atoms with Crippen LogP contribution in [0.1, 0.15) is 52.0 Å². The molecule has 1 atom stereocenters. The van der Waals surface area contributed by atoms with Gasteiger partial charge in [0.2, 0.25) is 5.91 Å². The SMILES string of the molecule is CC(C)(C)OC(=O)NCC(=O)NCc1[nH]c2c(Cl)c(Cl)ccc2c1-c1cnn(C2CCCCO2)c1. The molecule has 4 rings (SSSR count). The Balaban J connectivity index is 1.54. The summed E-state index contributed by atoms with van der Waals surface area (Å²) in [5.41, 5.74) is 2.49. The average Bonchev–Trinajstić information content (AvgIpc) is 3.43. The first-order chi connectivity index (χ1) is 16.6. The van der Waals surface area contributed by atoms with Crippen LogP contribution in [0.2, 0.25) is 10.0 Å². The van der Waals surface area contributed by atoms with Gasteiger partial charge in [-0.25, -0.2) is 9.48 Å². The number of benzene rings is 1. The molecule has 1 aromatic carbocycles. The Labute approximate surface area is 213 Å². The van der Waals surface area contributed by atoms with E-state index in [2.05, 4.69) is 20.7 Å². The Morgan fingerprint density at radius 3 is 2.77 bits per heavy atom. The first-order valence-electron chi connectivity index (χ1n) is 11.5. The summed E-state index contributed by atoms with van der Waals surface area (Å²) < 4.78 is 12.8. The van der Waals surface area contributed by atoms with Crippen LogP contribution in [-0.2, 0) is 20.8 Å². The molecular formula is C24H29Cl2N5O4. The Morgan fingerprint density at radius 1 is 1.26 bits per heavy atom. The Kier molecular flexibility index (Phi) is 7.59. The normalized spacial score (nSPS) is 16.3. The summed E-state index contributed by atoms with van der Waals surface area (Å²) in [6.07, 6.45) is 6.02. The summed E-state index contributed by atoms with van der Waals surface area (Å²) >= 11 is 12.7. The number of rotatable bonds is 6. The van der Waals surface area contributed by atoms with E-state index in [1.54, 1.807) is 33.0 Å². The quantitative estimate of drug-likeness (QED) is 0.413. The van der Waals surface area contributed by atoms with Crippen molar-refractivity contribution in [2.75, 3.05) is 13.2 Å². The lowest BCUT2D eigenvalue weighted by molar-refractivity contribution is -0.120. The maximum absolute atomic E-state index is 12.4. The standard InChI is InChI=1S/C24H29Cl2N5O4/c1-24(2,3)35-23(33)28-12-18(32)27-11-17-20(15-7-8-16(25)21(26)22(15)30-17)14-10-29-31(13-14)19-6-4-5-9-34-19/h7-8,10,13,19,30H,4-6,9,11-12H2,1-3H3,(H,27,32)(H,28,33). The number of fused-ring (bicyclic) bond motifs is 1. The zero-order valence-electron chi connectivity index (χ0n) is 19.9. The number of H-pyrrole nitrogens is 1. The van der Waals surface area contributed by atoms with Crippen molar-refractivity contribution in [3.8, 4) is 11.1 Å². The van der Waals surface area contributed by atoms with Crippen molar-refractivity contribution in [1.29, 1.82) is 0 Å². The number of carbonyl (C=O) groups excluding carboxylic acids is 2. The molecule has 2 aromatic heterocycles. The van der Waals surface area contributed by atoms with Gasteiger partial charge in [-0.15, -0.1) is 0 Å². The molecule has 0 bridgehead atoms. The van der Waals surface area contributed by atoms with Crippen molar-refractivity contribution in [1.82, 2.24) is 25.4 Å². The highest BCUT2D eigenvalue weighted by Gasteiger charge is 2.22. The van der Waals surface area contributed by atoms with Gasteiger partial charge >= 0.3 is 6.09 Å². The topological polar surface area (TPSA) is 110 Å². The lowest BCUT2D eigenvalue weighted by Crippen LogP contribution is -2.39. The first kappa shape index (κ1) is 25.3. The number of aromatic amines is 1. The smallest absolute Gasteiger partial charge is 0.408 e. The minimum atomic E-state index is -0.655. The van der Waals surface area contributed by atoms with Crippen LogP contribution in [0, 0.1) is 0 Å². The fraction of sp³-hybridized carbons (Fsp3) is 0.458. The number of ether oxygens (including phenoxy) is 2. The van der Waals surface area contributed by atoms with Crippen molar-refractivity contribution in [2.24, 2.45) is 0 Å². The molecule has 1 aliphatic heterocycles. The maximum Gasteiger partial charge on any atom is 0.408 e. The first-order valence-corrected chi connectivity index (χ1v) is 12.3. The third kappa shape index (κ3) is 6.09. The largest absolute Gasteiger partial charge is 0.444 e. The van der Waals surface area contributed by atoms with Gasteiger partial charge in [-0.1, -0.05) is 29.3 Å². The van der Waals surface area contributed by atoms with Crippen LogP contribution in [-0.4, -0.2) is 45.5 Å². The van der Waals surface area contributed by atoms with Crippen LogP contribution in [0.15, 0.2) is 24.5 Å². The molecule has 188 valence electrons. The highest BCUT2D eigenvalue weighted by atomic mass is 35.5. The Morgan fingerprint density at radius 2 is 2.06 bits per heavy atom. The third-order valence-corrected chi connectivity index (χ3v) is 6.34. The number of carbonyl (C=O) groups is 2. The summed E-state index contributed by atoms with van der Waals surface area (Å²) in [5.74, 6) is -0.365. The average molecular weight is 522 g/mol. The Bertz CT molecular complexity index is 1220. The van der Waals surface area contributed by atoms with E-state index in [1.807, 2.05) is 16.9 Å². The van der Waals surface area contributed by atoms with Gasteiger partial charge in [0, 0.05) is 35.0 Å². The summed E-state index contributed by atoms with van der Waals surface area (Å²) in [6, 6.07) is 3.63. The molecular weight excluding hydrogens is 493 g/mol. The zero-order chi connectivity index (χ0) is 25.2. The van der Waals surface area contributed by atoms with Gasteiger partial charge in [0.1, 0.15) is 18.4 Å². The van der Waals surface area contributed by atoms with E-state index < -0.39 is 11.7 Å². The van der Waals surface area contributed by atoms with Gasteiger partial charge in [0.25, 0.3) is 0 Å². The molecule has 3 heterocycles. The monoisotopic (exact) mass is 521 g/mol. The van der Waals surface area contributed by atoms with Gasteiger partial charge in [-0.2, -0.15) is 5.10 Å². The van der Waals surface area contributed by atoms with Crippen molar-refractivity contribution >= 4 is 46.1 Å². The van der Waals surface area contributed by atoms with Gasteiger partial charge in [0.15, 0.2) is 0 Å². The molecule has 0 spiro atoms. The molecule has 1 saturated heterocycles. The second-order valence-electron chi connectivity index (χ2n) is 9.42. The van der Waals surface area contributed by atoms with E-state index >= 15 is 0 Å². The van der Waals surface area contributed by atoms with Crippen LogP contribution in [0.3, 0.4) is 0 Å². The fourth-order valence-corrected chi connectivity index (χ4v) is 4.36. The molecule has 0 saturated carbocycles. The molecule has 0 radical (unpaired) electrons. The number of aromatic nitrogens is 3. The number of hydrogen-bond donors (Lipinski definition) is 3. The molecule has 11 heteroatoms. The fourth-order valence-electron chi connectivity index (χ4n) is 3.99. The minimum absolute atomic E-state index is 0.0946. The van der Waals surface area contributed by atoms with Crippen LogP contribution in [0.25, 0.3) is 22.0 Å². The maximum atomic E-state index is 12.4. The molecule has 2 amide bonds. The van der Waals surface area contributed by atoms with Crippen LogP contribution in [0.4, 0.5) is 4.79 Å². The number of halogens is 2. The molecule has 3 N–H and O–H groups in total. The van der Waals surface area contributed by atoms with Crippen LogP contribution < -0.4 is 10.6 Å². The zero-order valence-corrected chi connectivity index (χ0v) is 21.4.